The van der Waals surface area contributed by atoms with Crippen molar-refractivity contribution in [2.75, 3.05) is 0 Å². The van der Waals surface area contributed by atoms with E-state index in [4.69, 9.17) is 9.47 Å². The Bertz CT molecular complexity index is 298. The maximum Gasteiger partial charge on any atom is 0.719 e. The lowest BCUT2D eigenvalue weighted by Crippen LogP contribution is -2.27. The predicted molar refractivity (Wildman–Crippen MR) is 54.9 cm³/mol. The number of hydrogen-bond acceptors (Lipinski definition) is 2. The minimum atomic E-state index is -0.459. The van der Waals surface area contributed by atoms with Gasteiger partial charge in [-0.3, -0.25) is 4.74 Å². The minimum absolute atomic E-state index is 0.427. The van der Waals surface area contributed by atoms with Gasteiger partial charge in [0.25, 0.3) is 0 Å². The monoisotopic (exact) mass is 195 g/mol. The molecule has 3 heteroatoms. The zero-order valence-electron chi connectivity index (χ0n) is 8.65. The number of rotatable bonds is 1. The highest BCUT2D eigenvalue weighted by molar-refractivity contribution is 5.64. The van der Waals surface area contributed by atoms with Crippen molar-refractivity contribution < 1.29 is 14.3 Å². The van der Waals surface area contributed by atoms with E-state index in [1.807, 2.05) is 39.0 Å². The fourth-order valence-corrected chi connectivity index (χ4v) is 0.872. The molecule has 1 N–H and O–H groups in total. The van der Waals surface area contributed by atoms with E-state index in [1.54, 1.807) is 12.1 Å². The molecule has 0 heterocycles. The molecule has 76 valence electrons. The van der Waals surface area contributed by atoms with Crippen molar-refractivity contribution in [1.82, 2.24) is 0 Å². The molecule has 0 aliphatic rings. The van der Waals surface area contributed by atoms with E-state index < -0.39 is 11.8 Å². The third kappa shape index (κ3) is 3.94. The zero-order valence-corrected chi connectivity index (χ0v) is 8.65. The second-order valence-electron chi connectivity index (χ2n) is 3.90. The van der Waals surface area contributed by atoms with Crippen LogP contribution < -0.4 is 4.74 Å². The topological polar surface area (TPSA) is 39.9 Å². The van der Waals surface area contributed by atoms with E-state index in [9.17, 15) is 4.79 Å². The second-order valence-corrected chi connectivity index (χ2v) is 3.90. The average molecular weight is 195 g/mol. The molecule has 0 unspecified atom stereocenters. The molecule has 0 aliphatic carbocycles. The van der Waals surface area contributed by atoms with E-state index in [0.29, 0.717) is 5.75 Å². The molecule has 0 atom stereocenters. The zero-order chi connectivity index (χ0) is 10.6. The van der Waals surface area contributed by atoms with Gasteiger partial charge in [0.15, 0.2) is 5.60 Å². The Labute approximate surface area is 83.6 Å². The maximum atomic E-state index is 9.31. The number of benzene rings is 1. The minimum Gasteiger partial charge on any atom is -0.336 e. The van der Waals surface area contributed by atoms with Crippen molar-refractivity contribution in [3.05, 3.63) is 30.3 Å². The molecular weight excluding hydrogens is 180 g/mol. The summed E-state index contributed by atoms with van der Waals surface area (Å²) in [6.07, 6.45) is -0.427. The Morgan fingerprint density at radius 3 is 2.21 bits per heavy atom. The van der Waals surface area contributed by atoms with Crippen LogP contribution in [0, 0.1) is 0 Å². The highest BCUT2D eigenvalue weighted by Gasteiger charge is 2.27. The van der Waals surface area contributed by atoms with E-state index in [-0.39, 0.29) is 0 Å². The molecule has 0 bridgehead atoms. The van der Waals surface area contributed by atoms with E-state index in [1.165, 1.54) is 0 Å². The number of para-hydroxylation sites is 1. The van der Waals surface area contributed by atoms with Crippen molar-refractivity contribution in [1.29, 1.82) is 0 Å². The van der Waals surface area contributed by atoms with Crippen LogP contribution in [0.15, 0.2) is 30.3 Å². The Balaban J connectivity index is 2.50. The van der Waals surface area contributed by atoms with Crippen LogP contribution >= 0.6 is 0 Å². The molecule has 0 radical (unpaired) electrons. The molecule has 0 saturated carbocycles. The molecule has 0 aromatic heterocycles. The summed E-state index contributed by atoms with van der Waals surface area (Å²) in [4.78, 5) is 9.31. The summed E-state index contributed by atoms with van der Waals surface area (Å²) in [6, 6.07) is 8.98. The van der Waals surface area contributed by atoms with Gasteiger partial charge in [-0.2, -0.15) is 0 Å². The standard InChI is InChI=1S/C11H14O3/c1-11(2,3)14-10(12)13-9-7-5-4-6-8-9/h4-8H,1-3H3/p+1. The number of ether oxygens (including phenoxy) is 2. The fraction of sp³-hybridized carbons (Fsp3) is 0.364. The van der Waals surface area contributed by atoms with Gasteiger partial charge in [-0.1, -0.05) is 18.2 Å². The first-order chi connectivity index (χ1) is 6.47. The highest BCUT2D eigenvalue weighted by atomic mass is 16.7. The molecule has 1 aromatic rings. The first kappa shape index (κ1) is 10.6. The van der Waals surface area contributed by atoms with E-state index in [0.717, 1.165) is 0 Å². The lowest BCUT2D eigenvalue weighted by atomic mass is 10.2. The molecule has 1 aromatic carbocycles. The third-order valence-electron chi connectivity index (χ3n) is 1.34. The van der Waals surface area contributed by atoms with Gasteiger partial charge in [0.1, 0.15) is 0 Å². The molecule has 0 aliphatic heterocycles. The van der Waals surface area contributed by atoms with Gasteiger partial charge in [0.2, 0.25) is 5.75 Å². The number of carbonyl (C=O) groups excluding carboxylic acids is 1. The molecule has 0 saturated heterocycles. The van der Waals surface area contributed by atoms with Crippen molar-refractivity contribution in [2.24, 2.45) is 0 Å². The molecular formula is C11H15O3+. The molecule has 0 spiro atoms. The first-order valence-corrected chi connectivity index (χ1v) is 4.45. The summed E-state index contributed by atoms with van der Waals surface area (Å²) in [6.45, 7) is 5.49. The molecule has 0 fully saturated rings. The van der Waals surface area contributed by atoms with E-state index >= 15 is 0 Å². The van der Waals surface area contributed by atoms with Crippen LogP contribution in [0.1, 0.15) is 20.8 Å². The SMILES string of the molecule is CC(C)(C)OC(=[OH+])Oc1ccccc1. The van der Waals surface area contributed by atoms with Crippen molar-refractivity contribution >= 4 is 6.16 Å². The van der Waals surface area contributed by atoms with Gasteiger partial charge in [-0.25, -0.2) is 0 Å². The lowest BCUT2D eigenvalue weighted by molar-refractivity contribution is 0.0653. The van der Waals surface area contributed by atoms with E-state index in [2.05, 4.69) is 0 Å². The second kappa shape index (κ2) is 4.13. The smallest absolute Gasteiger partial charge is 0.336 e. The average Bonchev–Trinajstić information content (AvgIpc) is 2.02. The first-order valence-electron chi connectivity index (χ1n) is 4.45. The largest absolute Gasteiger partial charge is 0.719 e. The van der Waals surface area contributed by atoms with Gasteiger partial charge in [-0.15, -0.1) is 0 Å². The van der Waals surface area contributed by atoms with Crippen molar-refractivity contribution in [3.63, 3.8) is 0 Å². The highest BCUT2D eigenvalue weighted by Crippen LogP contribution is 2.12. The fourth-order valence-electron chi connectivity index (χ4n) is 0.872. The van der Waals surface area contributed by atoms with Gasteiger partial charge in [0.05, 0.1) is 0 Å². The van der Waals surface area contributed by atoms with Crippen molar-refractivity contribution in [2.45, 2.75) is 26.4 Å². The summed E-state index contributed by atoms with van der Waals surface area (Å²) >= 11 is 0. The Morgan fingerprint density at radius 2 is 1.71 bits per heavy atom. The summed E-state index contributed by atoms with van der Waals surface area (Å²) < 4.78 is 10.1. The van der Waals surface area contributed by atoms with Gasteiger partial charge < -0.3 is 9.53 Å². The van der Waals surface area contributed by atoms with Crippen molar-refractivity contribution in [3.8, 4) is 5.75 Å². The predicted octanol–water partition coefficient (Wildman–Crippen LogP) is 2.34. The Hall–Kier alpha value is -1.51. The van der Waals surface area contributed by atoms with Crippen LogP contribution in [0.5, 0.6) is 5.75 Å². The quantitative estimate of drug-likeness (QED) is 0.392. The Morgan fingerprint density at radius 1 is 1.14 bits per heavy atom. The van der Waals surface area contributed by atoms with Gasteiger partial charge in [-0.05, 0) is 20.8 Å². The summed E-state index contributed by atoms with van der Waals surface area (Å²) in [7, 11) is 0. The molecule has 3 nitrogen and oxygen atoms in total. The maximum absolute atomic E-state index is 9.31. The van der Waals surface area contributed by atoms with Gasteiger partial charge >= 0.3 is 6.16 Å². The summed E-state index contributed by atoms with van der Waals surface area (Å²) in [5.74, 6) is 0.550. The summed E-state index contributed by atoms with van der Waals surface area (Å²) in [5, 5.41) is 0. The van der Waals surface area contributed by atoms with Crippen LogP contribution in [-0.2, 0) is 4.74 Å². The van der Waals surface area contributed by atoms with Crippen LogP contribution in [0.25, 0.3) is 0 Å². The molecule has 14 heavy (non-hydrogen) atoms. The van der Waals surface area contributed by atoms with Crippen LogP contribution in [0.2, 0.25) is 0 Å². The Kier molecular flexibility index (Phi) is 3.12. The normalized spacial score (nSPS) is 10.8. The van der Waals surface area contributed by atoms with Crippen LogP contribution in [0.3, 0.4) is 0 Å². The number of hydrogen-bond donors (Lipinski definition) is 0. The van der Waals surface area contributed by atoms with Crippen LogP contribution in [0.4, 0.5) is 0 Å². The van der Waals surface area contributed by atoms with Crippen LogP contribution in [-0.4, -0.2) is 16.6 Å². The molecule has 0 amide bonds. The third-order valence-corrected chi connectivity index (χ3v) is 1.34. The summed E-state index contributed by atoms with van der Waals surface area (Å²) in [5.41, 5.74) is -0.459. The molecule has 1 rings (SSSR count). The lowest BCUT2D eigenvalue weighted by Gasteiger charge is -2.10. The van der Waals surface area contributed by atoms with Gasteiger partial charge in [0, 0.05) is 12.1 Å².